The van der Waals surface area contributed by atoms with Crippen LogP contribution in [0, 0.1) is 6.92 Å². The molecule has 0 aliphatic carbocycles. The molecule has 4 nitrogen and oxygen atoms in total. The van der Waals surface area contributed by atoms with Crippen molar-refractivity contribution >= 4 is 13.2 Å². The van der Waals surface area contributed by atoms with Crippen LogP contribution in [-0.4, -0.2) is 39.0 Å². The van der Waals surface area contributed by atoms with Gasteiger partial charge in [0.25, 0.3) is 0 Å². The molecular formula is C18H28BNO3. The summed E-state index contributed by atoms with van der Waals surface area (Å²) in [6, 6.07) is 6.18. The fourth-order valence-corrected chi connectivity index (χ4v) is 2.54. The zero-order valence-corrected chi connectivity index (χ0v) is 15.3. The molecule has 1 fully saturated rings. The van der Waals surface area contributed by atoms with E-state index in [1.165, 1.54) is 0 Å². The highest BCUT2D eigenvalue weighted by atomic mass is 16.7. The normalized spacial score (nSPS) is 20.0. The predicted octanol–water partition coefficient (Wildman–Crippen LogP) is 3.24. The lowest BCUT2D eigenvalue weighted by atomic mass is 9.77. The molecule has 1 aromatic rings. The Bertz CT molecular complexity index is 580. The number of hydrogen-bond acceptors (Lipinski definition) is 4. The lowest BCUT2D eigenvalue weighted by molar-refractivity contribution is 0.00578. The Morgan fingerprint density at radius 1 is 1.22 bits per heavy atom. The topological polar surface area (TPSA) is 39.7 Å². The zero-order valence-electron chi connectivity index (χ0n) is 15.3. The first-order valence-electron chi connectivity index (χ1n) is 8.05. The van der Waals surface area contributed by atoms with Gasteiger partial charge in [-0.3, -0.25) is 0 Å². The second kappa shape index (κ2) is 6.67. The van der Waals surface area contributed by atoms with Gasteiger partial charge in [0.05, 0.1) is 18.3 Å². The van der Waals surface area contributed by atoms with Crippen molar-refractivity contribution < 1.29 is 14.0 Å². The van der Waals surface area contributed by atoms with Crippen LogP contribution in [0.3, 0.4) is 0 Å². The largest absolute Gasteiger partial charge is 0.496 e. The van der Waals surface area contributed by atoms with E-state index in [1.807, 2.05) is 20.0 Å². The molecule has 5 heteroatoms. The Hall–Kier alpha value is -1.30. The summed E-state index contributed by atoms with van der Waals surface area (Å²) in [6.07, 6.45) is 2.11. The van der Waals surface area contributed by atoms with Gasteiger partial charge in [-0.15, -0.1) is 0 Å². The lowest BCUT2D eigenvalue weighted by Crippen LogP contribution is -2.41. The van der Waals surface area contributed by atoms with Crippen LogP contribution < -0.4 is 10.1 Å². The molecule has 0 bridgehead atoms. The maximum Gasteiger partial charge on any atom is 0.491 e. The predicted molar refractivity (Wildman–Crippen MR) is 95.7 cm³/mol. The van der Waals surface area contributed by atoms with Gasteiger partial charge in [-0.2, -0.15) is 0 Å². The standard InChI is InChI=1S/C18H28BNO3/c1-13-8-9-14(11-16(13)21-7)10-15(12-20-6)19-22-17(2,3)18(4,5)23-19/h8-11,20H,12H2,1-7H3. The molecule has 2 rings (SSSR count). The van der Waals surface area contributed by atoms with E-state index in [0.717, 1.165) is 22.3 Å². The Kier molecular flexibility index (Phi) is 5.24. The van der Waals surface area contributed by atoms with E-state index in [9.17, 15) is 0 Å². The van der Waals surface area contributed by atoms with Crippen LogP contribution in [0.5, 0.6) is 5.75 Å². The van der Waals surface area contributed by atoms with Crippen LogP contribution >= 0.6 is 0 Å². The van der Waals surface area contributed by atoms with Crippen molar-refractivity contribution in [2.45, 2.75) is 45.8 Å². The minimum atomic E-state index is -0.347. The van der Waals surface area contributed by atoms with Gasteiger partial charge < -0.3 is 19.4 Å². The number of likely N-dealkylation sites (N-methyl/N-ethyl adjacent to an activating group) is 1. The minimum Gasteiger partial charge on any atom is -0.496 e. The van der Waals surface area contributed by atoms with Gasteiger partial charge in [-0.1, -0.05) is 18.2 Å². The Morgan fingerprint density at radius 2 is 1.83 bits per heavy atom. The van der Waals surface area contributed by atoms with E-state index < -0.39 is 0 Å². The number of hydrogen-bond donors (Lipinski definition) is 1. The molecule has 0 radical (unpaired) electrons. The van der Waals surface area contributed by atoms with Crippen molar-refractivity contribution in [1.29, 1.82) is 0 Å². The van der Waals surface area contributed by atoms with Crippen molar-refractivity contribution in [3.63, 3.8) is 0 Å². The van der Waals surface area contributed by atoms with E-state index in [1.54, 1.807) is 7.11 Å². The van der Waals surface area contributed by atoms with Gasteiger partial charge in [-0.25, -0.2) is 0 Å². The molecule has 0 saturated carbocycles. The monoisotopic (exact) mass is 317 g/mol. The van der Waals surface area contributed by atoms with E-state index in [0.29, 0.717) is 6.54 Å². The second-order valence-electron chi connectivity index (χ2n) is 7.07. The summed E-state index contributed by atoms with van der Waals surface area (Å²) in [7, 11) is 3.27. The molecule has 0 spiro atoms. The highest BCUT2D eigenvalue weighted by molar-refractivity contribution is 6.55. The third-order valence-corrected chi connectivity index (χ3v) is 4.72. The number of methoxy groups -OCH3 is 1. The number of benzene rings is 1. The smallest absolute Gasteiger partial charge is 0.491 e. The molecule has 0 atom stereocenters. The summed E-state index contributed by atoms with van der Waals surface area (Å²) in [5, 5.41) is 3.20. The van der Waals surface area contributed by atoms with E-state index in [2.05, 4.69) is 51.2 Å². The molecule has 1 saturated heterocycles. The van der Waals surface area contributed by atoms with Crippen LogP contribution in [-0.2, 0) is 9.31 Å². The van der Waals surface area contributed by atoms with Crippen molar-refractivity contribution in [1.82, 2.24) is 5.32 Å². The molecule has 1 aliphatic rings. The van der Waals surface area contributed by atoms with Crippen molar-refractivity contribution in [2.24, 2.45) is 0 Å². The van der Waals surface area contributed by atoms with E-state index in [4.69, 9.17) is 14.0 Å². The fraction of sp³-hybridized carbons (Fsp3) is 0.556. The van der Waals surface area contributed by atoms with Crippen molar-refractivity contribution in [3.05, 3.63) is 34.8 Å². The van der Waals surface area contributed by atoms with Gasteiger partial charge >= 0.3 is 7.12 Å². The summed E-state index contributed by atoms with van der Waals surface area (Å²) < 4.78 is 17.8. The molecule has 1 aliphatic heterocycles. The maximum atomic E-state index is 6.17. The van der Waals surface area contributed by atoms with Crippen molar-refractivity contribution in [3.8, 4) is 5.75 Å². The summed E-state index contributed by atoms with van der Waals surface area (Å²) in [4.78, 5) is 0. The van der Waals surface area contributed by atoms with Crippen LogP contribution in [0.2, 0.25) is 0 Å². The molecule has 1 N–H and O–H groups in total. The number of nitrogens with one attached hydrogen (secondary N) is 1. The van der Waals surface area contributed by atoms with E-state index >= 15 is 0 Å². The third-order valence-electron chi connectivity index (χ3n) is 4.72. The van der Waals surface area contributed by atoms with Gasteiger partial charge in [0, 0.05) is 6.54 Å². The average molecular weight is 317 g/mol. The zero-order chi connectivity index (χ0) is 17.3. The summed E-state index contributed by atoms with van der Waals surface area (Å²) in [6.45, 7) is 11.0. The fourth-order valence-electron chi connectivity index (χ4n) is 2.54. The molecule has 126 valence electrons. The van der Waals surface area contributed by atoms with E-state index in [-0.39, 0.29) is 18.3 Å². The third kappa shape index (κ3) is 3.79. The molecule has 1 heterocycles. The van der Waals surface area contributed by atoms with Crippen molar-refractivity contribution in [2.75, 3.05) is 20.7 Å². The molecule has 0 unspecified atom stereocenters. The first kappa shape index (κ1) is 18.0. The summed E-state index contributed by atoms with van der Waals surface area (Å²) in [5.74, 6) is 0.886. The highest BCUT2D eigenvalue weighted by Gasteiger charge is 2.52. The Labute approximate surface area is 140 Å². The quantitative estimate of drug-likeness (QED) is 0.847. The van der Waals surface area contributed by atoms with Crippen LogP contribution in [0.1, 0.15) is 38.8 Å². The molecular weight excluding hydrogens is 289 g/mol. The maximum absolute atomic E-state index is 6.17. The van der Waals surface area contributed by atoms with Crippen LogP contribution in [0.25, 0.3) is 6.08 Å². The van der Waals surface area contributed by atoms with Crippen LogP contribution in [0.15, 0.2) is 23.7 Å². The first-order valence-corrected chi connectivity index (χ1v) is 8.05. The Morgan fingerprint density at radius 3 is 2.35 bits per heavy atom. The van der Waals surface area contributed by atoms with Gasteiger partial charge in [0.2, 0.25) is 0 Å². The van der Waals surface area contributed by atoms with Gasteiger partial charge in [-0.05, 0) is 64.3 Å². The highest BCUT2D eigenvalue weighted by Crippen LogP contribution is 2.38. The summed E-state index contributed by atoms with van der Waals surface area (Å²) in [5.41, 5.74) is 2.59. The first-order chi connectivity index (χ1) is 10.7. The average Bonchev–Trinajstić information content (AvgIpc) is 2.69. The van der Waals surface area contributed by atoms with Gasteiger partial charge in [0.15, 0.2) is 0 Å². The number of ether oxygens (including phenoxy) is 1. The summed E-state index contributed by atoms with van der Waals surface area (Å²) >= 11 is 0. The molecule has 0 amide bonds. The molecule has 1 aromatic carbocycles. The Balaban J connectivity index is 2.32. The SMILES string of the molecule is CNCC(=Cc1ccc(C)c(OC)c1)B1OC(C)(C)C(C)(C)O1. The lowest BCUT2D eigenvalue weighted by Gasteiger charge is -2.32. The molecule has 0 aromatic heterocycles. The van der Waals surface area contributed by atoms with Gasteiger partial charge in [0.1, 0.15) is 5.75 Å². The minimum absolute atomic E-state index is 0.338. The molecule has 23 heavy (non-hydrogen) atoms. The number of rotatable bonds is 5. The van der Waals surface area contributed by atoms with Crippen LogP contribution in [0.4, 0.5) is 0 Å². The number of aryl methyl sites for hydroxylation is 1. The second-order valence-corrected chi connectivity index (χ2v) is 7.07.